The molecule has 0 aliphatic rings. The third kappa shape index (κ3) is 2.94. The first-order chi connectivity index (χ1) is 7.22. The molecule has 0 saturated heterocycles. The van der Waals surface area contributed by atoms with Crippen LogP contribution in [0.5, 0.6) is 5.75 Å². The Balaban J connectivity index is 2.76. The molecule has 0 fully saturated rings. The zero-order chi connectivity index (χ0) is 11.3. The Hall–Kier alpha value is -1.06. The molecule has 3 nitrogen and oxygen atoms in total. The standard InChI is InChI=1S/C12H19NO2/c1-4-11(13-2)12(14)9-5-7-10(15-3)8-6-9/h5-8,11-14H,4H2,1-3H3. The van der Waals surface area contributed by atoms with E-state index in [0.717, 1.165) is 17.7 Å². The van der Waals surface area contributed by atoms with Crippen LogP contribution in [0.15, 0.2) is 24.3 Å². The van der Waals surface area contributed by atoms with Gasteiger partial charge in [0.1, 0.15) is 5.75 Å². The van der Waals surface area contributed by atoms with Crippen molar-refractivity contribution in [3.05, 3.63) is 29.8 Å². The average molecular weight is 209 g/mol. The molecular formula is C12H19NO2. The SMILES string of the molecule is CCC(NC)C(O)c1ccc(OC)cc1. The van der Waals surface area contributed by atoms with Gasteiger partial charge in [0, 0.05) is 6.04 Å². The van der Waals surface area contributed by atoms with E-state index < -0.39 is 6.10 Å². The quantitative estimate of drug-likeness (QED) is 0.776. The van der Waals surface area contributed by atoms with Gasteiger partial charge in [0.15, 0.2) is 0 Å². The molecule has 2 N–H and O–H groups in total. The van der Waals surface area contributed by atoms with Crippen LogP contribution in [-0.4, -0.2) is 25.3 Å². The molecule has 1 aromatic carbocycles. The number of likely N-dealkylation sites (N-methyl/N-ethyl adjacent to an activating group) is 1. The zero-order valence-corrected chi connectivity index (χ0v) is 9.53. The molecule has 0 spiro atoms. The third-order valence-corrected chi connectivity index (χ3v) is 2.65. The minimum atomic E-state index is -0.467. The van der Waals surface area contributed by atoms with Crippen LogP contribution in [0.3, 0.4) is 0 Å². The molecule has 0 aliphatic carbocycles. The Bertz CT molecular complexity index is 280. The lowest BCUT2D eigenvalue weighted by molar-refractivity contribution is 0.130. The second-order valence-corrected chi connectivity index (χ2v) is 3.52. The van der Waals surface area contributed by atoms with Crippen LogP contribution in [0, 0.1) is 0 Å². The van der Waals surface area contributed by atoms with Gasteiger partial charge in [-0.2, -0.15) is 0 Å². The highest BCUT2D eigenvalue weighted by molar-refractivity contribution is 5.29. The van der Waals surface area contributed by atoms with E-state index in [-0.39, 0.29) is 6.04 Å². The summed E-state index contributed by atoms with van der Waals surface area (Å²) in [5.41, 5.74) is 0.914. The van der Waals surface area contributed by atoms with E-state index in [1.54, 1.807) is 7.11 Å². The second kappa shape index (κ2) is 5.73. The number of aliphatic hydroxyl groups excluding tert-OH is 1. The number of methoxy groups -OCH3 is 1. The van der Waals surface area contributed by atoms with Crippen molar-refractivity contribution in [3.63, 3.8) is 0 Å². The molecule has 0 bridgehead atoms. The van der Waals surface area contributed by atoms with E-state index in [4.69, 9.17) is 4.74 Å². The number of aliphatic hydroxyl groups is 1. The van der Waals surface area contributed by atoms with Gasteiger partial charge < -0.3 is 15.2 Å². The summed E-state index contributed by atoms with van der Waals surface area (Å²) in [6.45, 7) is 2.05. The van der Waals surface area contributed by atoms with E-state index >= 15 is 0 Å². The molecule has 84 valence electrons. The summed E-state index contributed by atoms with van der Waals surface area (Å²) in [7, 11) is 3.49. The van der Waals surface area contributed by atoms with Crippen molar-refractivity contribution < 1.29 is 9.84 Å². The van der Waals surface area contributed by atoms with Crippen LogP contribution in [0.25, 0.3) is 0 Å². The van der Waals surface area contributed by atoms with Gasteiger partial charge >= 0.3 is 0 Å². The Morgan fingerprint density at radius 2 is 1.93 bits per heavy atom. The van der Waals surface area contributed by atoms with Gasteiger partial charge in [-0.3, -0.25) is 0 Å². The predicted molar refractivity (Wildman–Crippen MR) is 61.1 cm³/mol. The lowest BCUT2D eigenvalue weighted by atomic mass is 10.0. The third-order valence-electron chi connectivity index (χ3n) is 2.65. The van der Waals surface area contributed by atoms with Crippen molar-refractivity contribution in [3.8, 4) is 5.75 Å². The zero-order valence-electron chi connectivity index (χ0n) is 9.53. The van der Waals surface area contributed by atoms with Gasteiger partial charge in [-0.05, 0) is 31.2 Å². The van der Waals surface area contributed by atoms with E-state index in [1.165, 1.54) is 0 Å². The van der Waals surface area contributed by atoms with E-state index in [9.17, 15) is 5.11 Å². The molecule has 3 heteroatoms. The van der Waals surface area contributed by atoms with Crippen molar-refractivity contribution in [1.29, 1.82) is 0 Å². The minimum absolute atomic E-state index is 0.0957. The van der Waals surface area contributed by atoms with Crippen molar-refractivity contribution in [2.75, 3.05) is 14.2 Å². The fraction of sp³-hybridized carbons (Fsp3) is 0.500. The Morgan fingerprint density at radius 1 is 1.33 bits per heavy atom. The van der Waals surface area contributed by atoms with Crippen LogP contribution in [-0.2, 0) is 0 Å². The van der Waals surface area contributed by atoms with Crippen LogP contribution >= 0.6 is 0 Å². The topological polar surface area (TPSA) is 41.5 Å². The van der Waals surface area contributed by atoms with E-state index in [1.807, 2.05) is 38.2 Å². The van der Waals surface area contributed by atoms with Crippen molar-refractivity contribution in [2.45, 2.75) is 25.5 Å². The number of rotatable bonds is 5. The van der Waals surface area contributed by atoms with Crippen LogP contribution in [0.1, 0.15) is 25.0 Å². The van der Waals surface area contributed by atoms with Gasteiger partial charge in [-0.25, -0.2) is 0 Å². The lowest BCUT2D eigenvalue weighted by Gasteiger charge is -2.21. The molecule has 0 saturated carbocycles. The monoisotopic (exact) mass is 209 g/mol. The number of benzene rings is 1. The first kappa shape index (κ1) is 12.0. The molecule has 0 aromatic heterocycles. The highest BCUT2D eigenvalue weighted by Gasteiger charge is 2.16. The average Bonchev–Trinajstić information content (AvgIpc) is 2.30. The normalized spacial score (nSPS) is 14.7. The molecule has 0 amide bonds. The van der Waals surface area contributed by atoms with Gasteiger partial charge in [0.25, 0.3) is 0 Å². The first-order valence-electron chi connectivity index (χ1n) is 5.22. The molecule has 0 heterocycles. The number of hydrogen-bond donors (Lipinski definition) is 2. The summed E-state index contributed by atoms with van der Waals surface area (Å²) >= 11 is 0. The largest absolute Gasteiger partial charge is 0.497 e. The van der Waals surface area contributed by atoms with Gasteiger partial charge in [0.05, 0.1) is 13.2 Å². The van der Waals surface area contributed by atoms with E-state index in [0.29, 0.717) is 0 Å². The number of hydrogen-bond acceptors (Lipinski definition) is 3. The molecule has 1 rings (SSSR count). The van der Waals surface area contributed by atoms with Gasteiger partial charge in [-0.1, -0.05) is 19.1 Å². The number of nitrogens with one attached hydrogen (secondary N) is 1. The predicted octanol–water partition coefficient (Wildman–Crippen LogP) is 1.73. The number of ether oxygens (including phenoxy) is 1. The van der Waals surface area contributed by atoms with Crippen LogP contribution in [0.4, 0.5) is 0 Å². The maximum atomic E-state index is 10.0. The van der Waals surface area contributed by atoms with E-state index in [2.05, 4.69) is 5.32 Å². The second-order valence-electron chi connectivity index (χ2n) is 3.52. The van der Waals surface area contributed by atoms with Crippen LogP contribution < -0.4 is 10.1 Å². The Morgan fingerprint density at radius 3 is 2.33 bits per heavy atom. The summed E-state index contributed by atoms with van der Waals surface area (Å²) in [6.07, 6.45) is 0.426. The van der Waals surface area contributed by atoms with Gasteiger partial charge in [0.2, 0.25) is 0 Å². The molecule has 0 radical (unpaired) electrons. The first-order valence-corrected chi connectivity index (χ1v) is 5.22. The molecule has 2 atom stereocenters. The van der Waals surface area contributed by atoms with Crippen LogP contribution in [0.2, 0.25) is 0 Å². The molecule has 2 unspecified atom stereocenters. The van der Waals surface area contributed by atoms with Gasteiger partial charge in [-0.15, -0.1) is 0 Å². The molecular weight excluding hydrogens is 190 g/mol. The Labute approximate surface area is 91.1 Å². The smallest absolute Gasteiger partial charge is 0.118 e. The highest BCUT2D eigenvalue weighted by atomic mass is 16.5. The highest BCUT2D eigenvalue weighted by Crippen LogP contribution is 2.21. The van der Waals surface area contributed by atoms with Crippen molar-refractivity contribution in [1.82, 2.24) is 5.32 Å². The Kier molecular flexibility index (Phi) is 4.59. The molecule has 0 aliphatic heterocycles. The summed E-state index contributed by atoms with van der Waals surface area (Å²) in [6, 6.07) is 7.60. The minimum Gasteiger partial charge on any atom is -0.497 e. The summed E-state index contributed by atoms with van der Waals surface area (Å²) in [5.74, 6) is 0.809. The maximum absolute atomic E-state index is 10.0. The van der Waals surface area contributed by atoms with Crippen molar-refractivity contribution >= 4 is 0 Å². The maximum Gasteiger partial charge on any atom is 0.118 e. The molecule has 1 aromatic rings. The molecule has 15 heavy (non-hydrogen) atoms. The summed E-state index contributed by atoms with van der Waals surface area (Å²) in [4.78, 5) is 0. The lowest BCUT2D eigenvalue weighted by Crippen LogP contribution is -2.31. The van der Waals surface area contributed by atoms with Crippen molar-refractivity contribution in [2.24, 2.45) is 0 Å². The summed E-state index contributed by atoms with van der Waals surface area (Å²) < 4.78 is 5.06. The fourth-order valence-electron chi connectivity index (χ4n) is 1.62. The summed E-state index contributed by atoms with van der Waals surface area (Å²) in [5, 5.41) is 13.1. The fourth-order valence-corrected chi connectivity index (χ4v) is 1.62.